The molecule has 1 aliphatic rings. The van der Waals surface area contributed by atoms with Gasteiger partial charge < -0.3 is 9.73 Å². The molecule has 5 rings (SSSR count). The Balaban J connectivity index is 1.39. The second-order valence-electron chi connectivity index (χ2n) is 6.88. The summed E-state index contributed by atoms with van der Waals surface area (Å²) in [6, 6.07) is 16.0. The Morgan fingerprint density at radius 1 is 1.14 bits per heavy atom. The molecule has 0 radical (unpaired) electrons. The number of ketones is 1. The van der Waals surface area contributed by atoms with Crippen LogP contribution in [0.1, 0.15) is 28.0 Å². The number of benzene rings is 2. The van der Waals surface area contributed by atoms with Crippen LogP contribution in [-0.2, 0) is 11.2 Å². The van der Waals surface area contributed by atoms with E-state index in [1.807, 2.05) is 48.5 Å². The van der Waals surface area contributed by atoms with Gasteiger partial charge in [0.25, 0.3) is 11.7 Å². The first-order valence-electron chi connectivity index (χ1n) is 9.28. The minimum absolute atomic E-state index is 0.0172. The van der Waals surface area contributed by atoms with Crippen LogP contribution in [-0.4, -0.2) is 33.4 Å². The lowest BCUT2D eigenvalue weighted by atomic mass is 10.0. The number of rotatable bonds is 5. The molecule has 4 aromatic rings. The van der Waals surface area contributed by atoms with Crippen LogP contribution in [0.5, 0.6) is 0 Å². The van der Waals surface area contributed by atoms with Crippen molar-refractivity contribution in [2.45, 2.75) is 12.8 Å². The molecular weight excluding hydrogens is 388 g/mol. The van der Waals surface area contributed by atoms with Crippen molar-refractivity contribution >= 4 is 33.2 Å². The van der Waals surface area contributed by atoms with E-state index in [0.717, 1.165) is 27.8 Å². The molecule has 0 saturated carbocycles. The topological polar surface area (TPSA) is 98.0 Å². The summed E-state index contributed by atoms with van der Waals surface area (Å²) in [5.74, 6) is -0.403. The van der Waals surface area contributed by atoms with Crippen LogP contribution in [0.25, 0.3) is 21.3 Å². The molecule has 0 unspecified atom stereocenters. The first kappa shape index (κ1) is 17.7. The summed E-state index contributed by atoms with van der Waals surface area (Å²) < 4.78 is 6.43. The highest BCUT2D eigenvalue weighted by atomic mass is 32.1. The fourth-order valence-corrected chi connectivity index (χ4v) is 4.34. The third-order valence-corrected chi connectivity index (χ3v) is 5.95. The monoisotopic (exact) mass is 404 g/mol. The van der Waals surface area contributed by atoms with E-state index in [-0.39, 0.29) is 17.7 Å². The Hall–Kier alpha value is -3.39. The van der Waals surface area contributed by atoms with E-state index in [1.54, 1.807) is 0 Å². The second-order valence-corrected chi connectivity index (χ2v) is 7.91. The number of thiazole rings is 1. The van der Waals surface area contributed by atoms with Gasteiger partial charge in [-0.2, -0.15) is 0 Å². The van der Waals surface area contributed by atoms with Crippen LogP contribution in [0.2, 0.25) is 0 Å². The van der Waals surface area contributed by atoms with Crippen LogP contribution in [0, 0.1) is 5.92 Å². The first-order valence-corrected chi connectivity index (χ1v) is 10.1. The van der Waals surface area contributed by atoms with Crippen molar-refractivity contribution in [2.24, 2.45) is 5.92 Å². The van der Waals surface area contributed by atoms with Crippen LogP contribution in [0.15, 0.2) is 52.9 Å². The van der Waals surface area contributed by atoms with E-state index in [9.17, 15) is 9.59 Å². The van der Waals surface area contributed by atoms with Crippen molar-refractivity contribution in [1.29, 1.82) is 0 Å². The van der Waals surface area contributed by atoms with Crippen molar-refractivity contribution in [1.82, 2.24) is 20.5 Å². The van der Waals surface area contributed by atoms with Crippen LogP contribution in [0.3, 0.4) is 0 Å². The quantitative estimate of drug-likeness (QED) is 0.513. The van der Waals surface area contributed by atoms with Gasteiger partial charge in [0.15, 0.2) is 5.01 Å². The molecule has 1 fully saturated rings. The average molecular weight is 404 g/mol. The number of carbonyl (C=O) groups excluding carboxylic acids is 2. The lowest BCUT2D eigenvalue weighted by Gasteiger charge is -2.00. The Kier molecular flexibility index (Phi) is 4.40. The molecule has 1 N–H and O–H groups in total. The Morgan fingerprint density at radius 2 is 2.00 bits per heavy atom. The molecule has 2 aromatic carbocycles. The van der Waals surface area contributed by atoms with Gasteiger partial charge in [0.2, 0.25) is 11.8 Å². The molecule has 0 spiro atoms. The van der Waals surface area contributed by atoms with E-state index in [2.05, 4.69) is 20.5 Å². The number of aromatic nitrogens is 3. The predicted octanol–water partition coefficient (Wildman–Crippen LogP) is 3.26. The van der Waals surface area contributed by atoms with Crippen LogP contribution in [0.4, 0.5) is 0 Å². The fraction of sp³-hybridized carbons (Fsp3) is 0.190. The van der Waals surface area contributed by atoms with Crippen molar-refractivity contribution < 1.29 is 14.0 Å². The molecule has 3 heterocycles. The maximum atomic E-state index is 12.8. The van der Waals surface area contributed by atoms with Gasteiger partial charge in [0.05, 0.1) is 10.2 Å². The number of nitrogens with one attached hydrogen (secondary N) is 1. The maximum Gasteiger partial charge on any atom is 0.291 e. The fourth-order valence-electron chi connectivity index (χ4n) is 3.40. The number of amides is 1. The molecule has 144 valence electrons. The summed E-state index contributed by atoms with van der Waals surface area (Å²) >= 11 is 1.30. The summed E-state index contributed by atoms with van der Waals surface area (Å²) in [6.45, 7) is 0.653. The summed E-state index contributed by atoms with van der Waals surface area (Å²) in [5.41, 5.74) is 2.92. The summed E-state index contributed by atoms with van der Waals surface area (Å²) in [6.07, 6.45) is 1.07. The largest absolute Gasteiger partial charge is 0.418 e. The van der Waals surface area contributed by atoms with Crippen LogP contribution >= 0.6 is 11.3 Å². The average Bonchev–Trinajstić information content (AvgIpc) is 3.48. The van der Waals surface area contributed by atoms with Gasteiger partial charge in [-0.15, -0.1) is 21.5 Å². The SMILES string of the molecule is O=C(c1nnc(C[C@@H]2CCNC2=O)o1)c1nc2ccc(-c3ccccc3)cc2s1. The van der Waals surface area contributed by atoms with Gasteiger partial charge >= 0.3 is 0 Å². The van der Waals surface area contributed by atoms with Gasteiger partial charge in [0, 0.05) is 18.9 Å². The maximum absolute atomic E-state index is 12.8. The van der Waals surface area contributed by atoms with E-state index >= 15 is 0 Å². The highest BCUT2D eigenvalue weighted by Crippen LogP contribution is 2.29. The number of hydrogen-bond acceptors (Lipinski definition) is 7. The lowest BCUT2D eigenvalue weighted by Crippen LogP contribution is -2.20. The number of fused-ring (bicyclic) bond motifs is 1. The van der Waals surface area contributed by atoms with Crippen molar-refractivity contribution in [3.05, 3.63) is 65.3 Å². The van der Waals surface area contributed by atoms with Crippen molar-refractivity contribution in [3.8, 4) is 11.1 Å². The molecule has 8 heteroatoms. The third kappa shape index (κ3) is 3.42. The first-order chi connectivity index (χ1) is 14.2. The van der Waals surface area contributed by atoms with E-state index in [1.165, 1.54) is 11.3 Å². The number of nitrogens with zero attached hydrogens (tertiary/aromatic N) is 3. The second kappa shape index (κ2) is 7.21. The highest BCUT2D eigenvalue weighted by Gasteiger charge is 2.28. The third-order valence-electron chi connectivity index (χ3n) is 4.93. The summed E-state index contributed by atoms with van der Waals surface area (Å²) in [7, 11) is 0. The molecule has 29 heavy (non-hydrogen) atoms. The molecule has 1 aliphatic heterocycles. The Bertz CT molecular complexity index is 1220. The smallest absolute Gasteiger partial charge is 0.291 e. The van der Waals surface area contributed by atoms with Crippen LogP contribution < -0.4 is 5.32 Å². The van der Waals surface area contributed by atoms with E-state index < -0.39 is 5.78 Å². The van der Waals surface area contributed by atoms with Crippen molar-refractivity contribution in [3.63, 3.8) is 0 Å². The molecule has 2 aromatic heterocycles. The molecule has 7 nitrogen and oxygen atoms in total. The minimum atomic E-state index is -0.401. The Labute approximate surface area is 169 Å². The van der Waals surface area contributed by atoms with E-state index in [4.69, 9.17) is 4.42 Å². The van der Waals surface area contributed by atoms with Gasteiger partial charge in [0.1, 0.15) is 0 Å². The number of hydrogen-bond donors (Lipinski definition) is 1. The molecule has 1 amide bonds. The molecule has 1 saturated heterocycles. The molecule has 1 atom stereocenters. The molecular formula is C21H16N4O3S. The van der Waals surface area contributed by atoms with Gasteiger partial charge in [-0.25, -0.2) is 4.98 Å². The lowest BCUT2D eigenvalue weighted by molar-refractivity contribution is -0.122. The highest BCUT2D eigenvalue weighted by molar-refractivity contribution is 7.20. The zero-order chi connectivity index (χ0) is 19.8. The summed E-state index contributed by atoms with van der Waals surface area (Å²) in [5, 5.41) is 10.9. The van der Waals surface area contributed by atoms with Crippen molar-refractivity contribution in [2.75, 3.05) is 6.54 Å². The zero-order valence-corrected chi connectivity index (χ0v) is 16.1. The molecule has 0 aliphatic carbocycles. The number of carbonyl (C=O) groups is 2. The molecule has 0 bridgehead atoms. The standard InChI is InChI=1S/C21H16N4O3S/c26-18(20-25-24-17(28-20)11-14-8-9-22-19(14)27)21-23-15-7-6-13(10-16(15)29-21)12-4-2-1-3-5-12/h1-7,10,14H,8-9,11H2,(H,22,27)/t14-/m0/s1. The van der Waals surface area contributed by atoms with Gasteiger partial charge in [-0.1, -0.05) is 36.4 Å². The van der Waals surface area contributed by atoms with E-state index in [0.29, 0.717) is 23.9 Å². The summed E-state index contributed by atoms with van der Waals surface area (Å²) in [4.78, 5) is 28.9. The predicted molar refractivity (Wildman–Crippen MR) is 108 cm³/mol. The normalized spacial score (nSPS) is 16.3. The minimum Gasteiger partial charge on any atom is -0.418 e. The van der Waals surface area contributed by atoms with Gasteiger partial charge in [-0.05, 0) is 29.7 Å². The zero-order valence-electron chi connectivity index (χ0n) is 15.3. The Morgan fingerprint density at radius 3 is 2.79 bits per heavy atom. The van der Waals surface area contributed by atoms with Gasteiger partial charge in [-0.3, -0.25) is 9.59 Å².